The maximum atomic E-state index is 12.5. The van der Waals surface area contributed by atoms with Gasteiger partial charge in [-0.1, -0.05) is 30.3 Å². The number of carbonyl (C=O) groups is 1. The lowest BCUT2D eigenvalue weighted by Gasteiger charge is -2.27. The fraction of sp³-hybridized carbons (Fsp3) is 0.562. The maximum absolute atomic E-state index is 12.5. The largest absolute Gasteiger partial charge is 0.375 e. The van der Waals surface area contributed by atoms with E-state index in [0.717, 1.165) is 25.1 Å². The second kappa shape index (κ2) is 8.61. The molecule has 2 aliphatic heterocycles. The first kappa shape index (κ1) is 18.2. The minimum Gasteiger partial charge on any atom is -0.375 e. The van der Waals surface area contributed by atoms with Crippen LogP contribution < -0.4 is 21.5 Å². The lowest BCUT2D eigenvalue weighted by molar-refractivity contribution is -0.124. The molecule has 6 nitrogen and oxygen atoms in total. The Balaban J connectivity index is 0.00000192. The first-order valence-electron chi connectivity index (χ1n) is 7.87. The topological polar surface area (TPSA) is 74.4 Å². The van der Waals surface area contributed by atoms with Gasteiger partial charge in [0.25, 0.3) is 0 Å². The van der Waals surface area contributed by atoms with Crippen molar-refractivity contribution < 1.29 is 9.53 Å². The van der Waals surface area contributed by atoms with Crippen LogP contribution >= 0.6 is 12.4 Å². The molecule has 23 heavy (non-hydrogen) atoms. The SMILES string of the molecule is COC(CNC(=O)C1NNC2CCNCC21)c1ccccc1.Cl. The number of carbonyl (C=O) groups excluding carboxylic acids is 1. The van der Waals surface area contributed by atoms with Crippen LogP contribution in [0.1, 0.15) is 18.1 Å². The molecule has 4 unspecified atom stereocenters. The summed E-state index contributed by atoms with van der Waals surface area (Å²) in [6, 6.07) is 10.1. The van der Waals surface area contributed by atoms with Gasteiger partial charge in [0.1, 0.15) is 6.04 Å². The van der Waals surface area contributed by atoms with Crippen LogP contribution in [0.15, 0.2) is 30.3 Å². The number of hydrazine groups is 1. The number of hydrogen-bond donors (Lipinski definition) is 4. The molecule has 0 bridgehead atoms. The van der Waals surface area contributed by atoms with Crippen molar-refractivity contribution >= 4 is 18.3 Å². The molecule has 4 atom stereocenters. The quantitative estimate of drug-likeness (QED) is 0.623. The van der Waals surface area contributed by atoms with Gasteiger partial charge in [-0.05, 0) is 18.5 Å². The summed E-state index contributed by atoms with van der Waals surface area (Å²) < 4.78 is 5.49. The van der Waals surface area contributed by atoms with Gasteiger partial charge in [-0.3, -0.25) is 10.2 Å². The van der Waals surface area contributed by atoms with Crippen molar-refractivity contribution in [2.24, 2.45) is 5.92 Å². The van der Waals surface area contributed by atoms with Crippen LogP contribution in [0.5, 0.6) is 0 Å². The van der Waals surface area contributed by atoms with Gasteiger partial charge < -0.3 is 15.4 Å². The van der Waals surface area contributed by atoms with Gasteiger partial charge in [0.05, 0.1) is 6.10 Å². The molecule has 1 aromatic rings. The van der Waals surface area contributed by atoms with Crippen LogP contribution in [0.4, 0.5) is 0 Å². The molecule has 0 saturated carbocycles. The molecule has 1 aromatic carbocycles. The first-order valence-corrected chi connectivity index (χ1v) is 7.87. The van der Waals surface area contributed by atoms with Gasteiger partial charge in [0.2, 0.25) is 5.91 Å². The van der Waals surface area contributed by atoms with Crippen molar-refractivity contribution in [1.82, 2.24) is 21.5 Å². The van der Waals surface area contributed by atoms with Crippen molar-refractivity contribution in [3.8, 4) is 0 Å². The highest BCUT2D eigenvalue weighted by molar-refractivity contribution is 5.85. The highest BCUT2D eigenvalue weighted by Crippen LogP contribution is 2.20. The van der Waals surface area contributed by atoms with Crippen molar-refractivity contribution in [2.45, 2.75) is 24.6 Å². The summed E-state index contributed by atoms with van der Waals surface area (Å²) in [6.45, 7) is 2.35. The Bertz CT molecular complexity index is 502. The molecule has 0 aliphatic carbocycles. The number of fused-ring (bicyclic) bond motifs is 1. The predicted octanol–water partition coefficient (Wildman–Crippen LogP) is 0.367. The third-order valence-electron chi connectivity index (χ3n) is 4.58. The van der Waals surface area contributed by atoms with Crippen molar-refractivity contribution in [2.75, 3.05) is 26.7 Å². The molecule has 0 radical (unpaired) electrons. The van der Waals surface area contributed by atoms with Crippen molar-refractivity contribution in [3.63, 3.8) is 0 Å². The van der Waals surface area contributed by atoms with E-state index in [9.17, 15) is 4.79 Å². The number of methoxy groups -OCH3 is 1. The van der Waals surface area contributed by atoms with Crippen molar-refractivity contribution in [1.29, 1.82) is 0 Å². The van der Waals surface area contributed by atoms with Gasteiger partial charge in [-0.15, -0.1) is 12.4 Å². The number of ether oxygens (including phenoxy) is 1. The summed E-state index contributed by atoms with van der Waals surface area (Å²) >= 11 is 0. The molecule has 2 saturated heterocycles. The Morgan fingerprint density at radius 3 is 2.87 bits per heavy atom. The fourth-order valence-corrected chi connectivity index (χ4v) is 3.28. The van der Waals surface area contributed by atoms with E-state index in [0.29, 0.717) is 18.5 Å². The molecule has 0 aromatic heterocycles. The van der Waals surface area contributed by atoms with Gasteiger partial charge >= 0.3 is 0 Å². The van der Waals surface area contributed by atoms with E-state index in [-0.39, 0.29) is 30.5 Å². The lowest BCUT2D eigenvalue weighted by atomic mass is 9.89. The van der Waals surface area contributed by atoms with Crippen LogP contribution in [0.3, 0.4) is 0 Å². The maximum Gasteiger partial charge on any atom is 0.238 e. The molecule has 2 aliphatic rings. The Kier molecular flexibility index (Phi) is 6.80. The zero-order valence-electron chi connectivity index (χ0n) is 13.2. The average Bonchev–Trinajstić information content (AvgIpc) is 3.00. The normalized spacial score (nSPS) is 27.6. The zero-order valence-corrected chi connectivity index (χ0v) is 14.1. The Morgan fingerprint density at radius 2 is 2.13 bits per heavy atom. The third-order valence-corrected chi connectivity index (χ3v) is 4.58. The summed E-state index contributed by atoms with van der Waals surface area (Å²) in [5.41, 5.74) is 7.45. The summed E-state index contributed by atoms with van der Waals surface area (Å²) in [4.78, 5) is 12.5. The standard InChI is InChI=1S/C16H24N4O2.ClH/c1-22-14(11-5-3-2-4-6-11)10-18-16(21)15-12-9-17-8-7-13(12)19-20-15;/h2-6,12-15,17,19-20H,7-10H2,1H3,(H,18,21);1H. The van der Waals surface area contributed by atoms with E-state index in [1.54, 1.807) is 7.11 Å². The Hall–Kier alpha value is -1.18. The number of hydrogen-bond acceptors (Lipinski definition) is 5. The summed E-state index contributed by atoms with van der Waals surface area (Å²) in [7, 11) is 1.67. The molecule has 3 rings (SSSR count). The van der Waals surface area contributed by atoms with Crippen LogP contribution in [-0.2, 0) is 9.53 Å². The molecular formula is C16H25ClN4O2. The minimum atomic E-state index is -0.189. The Morgan fingerprint density at radius 1 is 1.35 bits per heavy atom. The molecule has 2 heterocycles. The van der Waals surface area contributed by atoms with E-state index in [2.05, 4.69) is 21.5 Å². The van der Waals surface area contributed by atoms with E-state index in [1.807, 2.05) is 30.3 Å². The number of piperidine rings is 1. The lowest BCUT2D eigenvalue weighted by Crippen LogP contribution is -2.49. The number of benzene rings is 1. The van der Waals surface area contributed by atoms with E-state index in [4.69, 9.17) is 4.74 Å². The average molecular weight is 341 g/mol. The van der Waals surface area contributed by atoms with Crippen LogP contribution in [0.2, 0.25) is 0 Å². The zero-order chi connectivity index (χ0) is 15.4. The molecule has 4 N–H and O–H groups in total. The highest BCUT2D eigenvalue weighted by atomic mass is 35.5. The summed E-state index contributed by atoms with van der Waals surface area (Å²) in [5.74, 6) is 0.327. The van der Waals surface area contributed by atoms with Gasteiger partial charge in [0, 0.05) is 32.2 Å². The molecule has 0 spiro atoms. The summed E-state index contributed by atoms with van der Waals surface area (Å²) in [6.07, 6.45) is 0.923. The predicted molar refractivity (Wildman–Crippen MR) is 91.3 cm³/mol. The van der Waals surface area contributed by atoms with Gasteiger partial charge in [-0.2, -0.15) is 0 Å². The van der Waals surface area contributed by atoms with Crippen LogP contribution in [0, 0.1) is 5.92 Å². The first-order chi connectivity index (χ1) is 10.8. The Labute approximate surface area is 143 Å². The smallest absolute Gasteiger partial charge is 0.238 e. The number of amides is 1. The molecule has 1 amide bonds. The molecule has 128 valence electrons. The van der Waals surface area contributed by atoms with Crippen molar-refractivity contribution in [3.05, 3.63) is 35.9 Å². The van der Waals surface area contributed by atoms with Crippen LogP contribution in [-0.4, -0.2) is 44.7 Å². The van der Waals surface area contributed by atoms with Gasteiger partial charge in [-0.25, -0.2) is 5.43 Å². The number of nitrogens with one attached hydrogen (secondary N) is 4. The van der Waals surface area contributed by atoms with Gasteiger partial charge in [0.15, 0.2) is 0 Å². The van der Waals surface area contributed by atoms with E-state index < -0.39 is 0 Å². The second-order valence-corrected chi connectivity index (χ2v) is 5.91. The third kappa shape index (κ3) is 4.22. The minimum absolute atomic E-state index is 0. The highest BCUT2D eigenvalue weighted by Gasteiger charge is 2.41. The van der Waals surface area contributed by atoms with Crippen LogP contribution in [0.25, 0.3) is 0 Å². The second-order valence-electron chi connectivity index (χ2n) is 5.91. The molecule has 7 heteroatoms. The number of halogens is 1. The molecule has 2 fully saturated rings. The fourth-order valence-electron chi connectivity index (χ4n) is 3.28. The summed E-state index contributed by atoms with van der Waals surface area (Å²) in [5, 5.41) is 6.37. The van der Waals surface area contributed by atoms with E-state index in [1.165, 1.54) is 0 Å². The molecular weight excluding hydrogens is 316 g/mol. The van der Waals surface area contributed by atoms with E-state index >= 15 is 0 Å². The monoisotopic (exact) mass is 340 g/mol. The number of rotatable bonds is 5.